The molecule has 0 radical (unpaired) electrons. The Hall–Kier alpha value is -2.57. The van der Waals surface area contributed by atoms with Gasteiger partial charge in [-0.05, 0) is 58.6 Å². The third-order valence-electron chi connectivity index (χ3n) is 5.68. The maximum absolute atomic E-state index is 12.9. The van der Waals surface area contributed by atoms with E-state index in [1.54, 1.807) is 4.90 Å². The third-order valence-corrected chi connectivity index (χ3v) is 5.68. The Morgan fingerprint density at radius 1 is 1.14 bits per heavy atom. The first kappa shape index (κ1) is 18.8. The molecule has 2 amide bonds. The van der Waals surface area contributed by atoms with Crippen LogP contribution in [0, 0.1) is 17.8 Å². The number of fused-ring (bicyclic) bond motifs is 2. The number of carbonyl (C=O) groups is 2. The molecule has 150 valence electrons. The van der Waals surface area contributed by atoms with E-state index < -0.39 is 11.1 Å². The minimum absolute atomic E-state index is 0.0280. The van der Waals surface area contributed by atoms with E-state index in [0.29, 0.717) is 13.1 Å². The average Bonchev–Trinajstić information content (AvgIpc) is 2.96. The summed E-state index contributed by atoms with van der Waals surface area (Å²) in [6, 6.07) is 5.90. The molecule has 7 heteroatoms. The van der Waals surface area contributed by atoms with Crippen LogP contribution in [0.2, 0.25) is 0 Å². The zero-order valence-electron chi connectivity index (χ0n) is 17.1. The van der Waals surface area contributed by atoms with Crippen molar-refractivity contribution in [1.82, 2.24) is 19.8 Å². The normalized spacial score (nSPS) is 24.2. The second-order valence-corrected chi connectivity index (χ2v) is 9.44. The number of aromatic nitrogens is 2. The first-order valence-corrected chi connectivity index (χ1v) is 9.80. The first-order chi connectivity index (χ1) is 13.1. The highest BCUT2D eigenvalue weighted by Crippen LogP contribution is 2.52. The Bertz CT molecular complexity index is 915. The van der Waals surface area contributed by atoms with Crippen molar-refractivity contribution >= 4 is 17.5 Å². The van der Waals surface area contributed by atoms with E-state index in [1.807, 2.05) is 69.7 Å². The number of nitrogens with zero attached hydrogens (tertiary/aromatic N) is 3. The monoisotopic (exact) mass is 384 g/mol. The molecule has 1 saturated carbocycles. The maximum atomic E-state index is 12.9. The summed E-state index contributed by atoms with van der Waals surface area (Å²) in [5, 5.41) is 7.57. The molecule has 1 N–H and O–H groups in total. The molecule has 3 heterocycles. The third kappa shape index (κ3) is 3.34. The predicted molar refractivity (Wildman–Crippen MR) is 105 cm³/mol. The highest BCUT2D eigenvalue weighted by molar-refractivity contribution is 5.84. The number of ether oxygens (including phenoxy) is 1. The van der Waals surface area contributed by atoms with E-state index in [9.17, 15) is 9.59 Å². The van der Waals surface area contributed by atoms with Gasteiger partial charge in [-0.2, -0.15) is 5.10 Å². The van der Waals surface area contributed by atoms with Gasteiger partial charge in [0.25, 0.3) is 0 Å². The lowest BCUT2D eigenvalue weighted by Gasteiger charge is -2.28. The number of hydrogen-bond donors (Lipinski definition) is 1. The van der Waals surface area contributed by atoms with E-state index in [1.165, 1.54) is 0 Å². The van der Waals surface area contributed by atoms with Gasteiger partial charge in [-0.3, -0.25) is 4.79 Å². The number of pyridine rings is 1. The van der Waals surface area contributed by atoms with Crippen molar-refractivity contribution in [3.05, 3.63) is 36.2 Å². The molecule has 0 bridgehead atoms. The van der Waals surface area contributed by atoms with Crippen molar-refractivity contribution in [2.24, 2.45) is 17.8 Å². The number of likely N-dealkylation sites (tertiary alicyclic amines) is 1. The van der Waals surface area contributed by atoms with Gasteiger partial charge in [0.05, 0.1) is 17.3 Å². The van der Waals surface area contributed by atoms with Crippen LogP contribution < -0.4 is 5.32 Å². The van der Waals surface area contributed by atoms with Crippen molar-refractivity contribution in [3.63, 3.8) is 0 Å². The second-order valence-electron chi connectivity index (χ2n) is 9.44. The molecule has 28 heavy (non-hydrogen) atoms. The standard InChI is InChI=1S/C21H28N4O3/c1-20(2,3)28-19(27)24-11-13-14(12-24)17(13)18(26)23-21(4,5)15-10-22-25-9-7-6-8-16(15)25/h6-10,13-14,17H,11-12H2,1-5H3,(H,23,26)/t13-,14+,17?. The minimum Gasteiger partial charge on any atom is -0.444 e. The molecule has 1 saturated heterocycles. The lowest BCUT2D eigenvalue weighted by atomic mass is 9.95. The van der Waals surface area contributed by atoms with Crippen LogP contribution >= 0.6 is 0 Å². The minimum atomic E-state index is -0.526. The van der Waals surface area contributed by atoms with Gasteiger partial charge in [-0.1, -0.05) is 6.07 Å². The number of carbonyl (C=O) groups excluding carboxylic acids is 2. The lowest BCUT2D eigenvalue weighted by molar-refractivity contribution is -0.125. The van der Waals surface area contributed by atoms with Crippen LogP contribution in [0.1, 0.15) is 40.2 Å². The molecular weight excluding hydrogens is 356 g/mol. The SMILES string of the molecule is CC(C)(C)OC(=O)N1C[C@@H]2C(C(=O)NC(C)(C)c3cnn4ccccc34)[C@@H]2C1. The molecular formula is C21H28N4O3. The van der Waals surface area contributed by atoms with Crippen molar-refractivity contribution in [1.29, 1.82) is 0 Å². The molecule has 2 fully saturated rings. The largest absolute Gasteiger partial charge is 0.444 e. The molecule has 1 aliphatic heterocycles. The molecule has 1 aliphatic carbocycles. The highest BCUT2D eigenvalue weighted by atomic mass is 16.6. The first-order valence-electron chi connectivity index (χ1n) is 9.80. The number of hydrogen-bond acceptors (Lipinski definition) is 4. The van der Waals surface area contributed by atoms with E-state index in [2.05, 4.69) is 10.4 Å². The molecule has 7 nitrogen and oxygen atoms in total. The van der Waals surface area contributed by atoms with Crippen LogP contribution in [0.15, 0.2) is 30.6 Å². The van der Waals surface area contributed by atoms with E-state index in [4.69, 9.17) is 4.74 Å². The van der Waals surface area contributed by atoms with Crippen molar-refractivity contribution < 1.29 is 14.3 Å². The van der Waals surface area contributed by atoms with Crippen LogP contribution in [0.3, 0.4) is 0 Å². The molecule has 2 aromatic heterocycles. The fourth-order valence-electron chi connectivity index (χ4n) is 4.27. The Balaban J connectivity index is 1.38. The summed E-state index contributed by atoms with van der Waals surface area (Å²) < 4.78 is 7.25. The molecule has 2 aromatic rings. The summed E-state index contributed by atoms with van der Waals surface area (Å²) >= 11 is 0. The summed E-state index contributed by atoms with van der Waals surface area (Å²) in [4.78, 5) is 26.8. The summed E-state index contributed by atoms with van der Waals surface area (Å²) in [7, 11) is 0. The van der Waals surface area contributed by atoms with Crippen LogP contribution in [-0.2, 0) is 15.1 Å². The van der Waals surface area contributed by atoms with Crippen LogP contribution in [0.25, 0.3) is 5.52 Å². The summed E-state index contributed by atoms with van der Waals surface area (Å²) in [5.74, 6) is 0.485. The Kier molecular flexibility index (Phi) is 4.17. The number of rotatable bonds is 3. The van der Waals surface area contributed by atoms with Gasteiger partial charge < -0.3 is 15.0 Å². The van der Waals surface area contributed by atoms with Crippen molar-refractivity contribution in [2.45, 2.75) is 45.8 Å². The quantitative estimate of drug-likeness (QED) is 0.883. The molecule has 3 atom stereocenters. The maximum Gasteiger partial charge on any atom is 0.410 e. The van der Waals surface area contributed by atoms with Crippen LogP contribution in [0.5, 0.6) is 0 Å². The Labute approximate surface area is 165 Å². The summed E-state index contributed by atoms with van der Waals surface area (Å²) in [6.45, 7) is 10.8. The van der Waals surface area contributed by atoms with Crippen molar-refractivity contribution in [3.8, 4) is 0 Å². The number of piperidine rings is 1. The van der Waals surface area contributed by atoms with Crippen LogP contribution in [-0.4, -0.2) is 45.2 Å². The molecule has 0 aromatic carbocycles. The second kappa shape index (κ2) is 6.22. The summed E-state index contributed by atoms with van der Waals surface area (Å²) in [6.07, 6.45) is 3.42. The fraction of sp³-hybridized carbons (Fsp3) is 0.571. The Morgan fingerprint density at radius 2 is 1.82 bits per heavy atom. The van der Waals surface area contributed by atoms with E-state index in [-0.39, 0.29) is 29.8 Å². The van der Waals surface area contributed by atoms with Crippen molar-refractivity contribution in [2.75, 3.05) is 13.1 Å². The lowest BCUT2D eigenvalue weighted by Crippen LogP contribution is -2.44. The number of amides is 2. The topological polar surface area (TPSA) is 75.9 Å². The van der Waals surface area contributed by atoms with E-state index in [0.717, 1.165) is 11.1 Å². The predicted octanol–water partition coefficient (Wildman–Crippen LogP) is 2.80. The van der Waals surface area contributed by atoms with Gasteiger partial charge in [0.1, 0.15) is 5.60 Å². The average molecular weight is 384 g/mol. The highest BCUT2D eigenvalue weighted by Gasteiger charge is 2.61. The zero-order valence-corrected chi connectivity index (χ0v) is 17.1. The molecule has 1 unspecified atom stereocenters. The van der Waals surface area contributed by atoms with Crippen LogP contribution in [0.4, 0.5) is 4.79 Å². The smallest absolute Gasteiger partial charge is 0.410 e. The molecule has 4 rings (SSSR count). The Morgan fingerprint density at radius 3 is 2.46 bits per heavy atom. The van der Waals surface area contributed by atoms with Gasteiger partial charge in [0.15, 0.2) is 0 Å². The number of nitrogens with one attached hydrogen (secondary N) is 1. The van der Waals surface area contributed by atoms with Gasteiger partial charge in [0.2, 0.25) is 5.91 Å². The van der Waals surface area contributed by atoms with Gasteiger partial charge in [0, 0.05) is 30.8 Å². The van der Waals surface area contributed by atoms with E-state index >= 15 is 0 Å². The molecule has 2 aliphatic rings. The van der Waals surface area contributed by atoms with Gasteiger partial charge >= 0.3 is 6.09 Å². The molecule has 0 spiro atoms. The summed E-state index contributed by atoms with van der Waals surface area (Å²) in [5.41, 5.74) is 0.948. The van der Waals surface area contributed by atoms with Gasteiger partial charge in [-0.15, -0.1) is 0 Å². The van der Waals surface area contributed by atoms with Gasteiger partial charge in [-0.25, -0.2) is 9.31 Å². The fourth-order valence-corrected chi connectivity index (χ4v) is 4.27. The zero-order chi connectivity index (χ0) is 20.3.